The van der Waals surface area contributed by atoms with Crippen molar-refractivity contribution < 1.29 is 9.84 Å². The summed E-state index contributed by atoms with van der Waals surface area (Å²) in [4.78, 5) is 0. The van der Waals surface area contributed by atoms with Crippen LogP contribution in [-0.2, 0) is 6.54 Å². The van der Waals surface area contributed by atoms with Crippen molar-refractivity contribution in [3.05, 3.63) is 42.7 Å². The first kappa shape index (κ1) is 14.7. The van der Waals surface area contributed by atoms with Gasteiger partial charge < -0.3 is 15.2 Å². The highest BCUT2D eigenvalue weighted by Gasteiger charge is 2.06. The molecule has 0 amide bonds. The van der Waals surface area contributed by atoms with Crippen LogP contribution >= 0.6 is 11.6 Å². The third kappa shape index (κ3) is 4.43. The minimum absolute atomic E-state index is 0.204. The molecule has 1 unspecified atom stereocenters. The van der Waals surface area contributed by atoms with E-state index in [2.05, 4.69) is 10.4 Å². The van der Waals surface area contributed by atoms with Crippen LogP contribution in [0.5, 0.6) is 5.75 Å². The van der Waals surface area contributed by atoms with Crippen molar-refractivity contribution in [1.29, 1.82) is 0 Å². The van der Waals surface area contributed by atoms with E-state index in [1.165, 1.54) is 0 Å². The lowest BCUT2D eigenvalue weighted by atomic mass is 10.3. The molecule has 0 aliphatic heterocycles. The van der Waals surface area contributed by atoms with E-state index in [-0.39, 0.29) is 5.88 Å². The van der Waals surface area contributed by atoms with Gasteiger partial charge in [0.2, 0.25) is 0 Å². The second-order valence-corrected chi connectivity index (χ2v) is 4.61. The SMILES string of the molecule is OC(CCl)CNc1ccccc1OCCn1cccn1. The van der Waals surface area contributed by atoms with Crippen LogP contribution in [0, 0.1) is 0 Å². The average molecular weight is 296 g/mol. The standard InChI is InChI=1S/C14H18ClN3O2/c15-10-12(19)11-16-13-4-1-2-5-14(13)20-9-8-18-7-3-6-17-18/h1-7,12,16,19H,8-11H2. The van der Waals surface area contributed by atoms with Gasteiger partial charge in [-0.25, -0.2) is 0 Å². The first-order valence-electron chi connectivity index (χ1n) is 6.46. The van der Waals surface area contributed by atoms with Gasteiger partial charge in [0, 0.05) is 18.9 Å². The predicted octanol–water partition coefficient (Wildman–Crippen LogP) is 1.97. The van der Waals surface area contributed by atoms with Gasteiger partial charge in [0.1, 0.15) is 12.4 Å². The molecule has 1 atom stereocenters. The fraction of sp³-hybridized carbons (Fsp3) is 0.357. The Morgan fingerprint density at radius 1 is 1.35 bits per heavy atom. The highest BCUT2D eigenvalue weighted by molar-refractivity contribution is 6.18. The van der Waals surface area contributed by atoms with Crippen molar-refractivity contribution in [2.24, 2.45) is 0 Å². The molecule has 1 heterocycles. The van der Waals surface area contributed by atoms with E-state index in [1.807, 2.05) is 41.2 Å². The molecule has 0 aliphatic carbocycles. The maximum atomic E-state index is 9.46. The van der Waals surface area contributed by atoms with Crippen LogP contribution < -0.4 is 10.1 Å². The summed E-state index contributed by atoms with van der Waals surface area (Å²) in [7, 11) is 0. The van der Waals surface area contributed by atoms with Crippen molar-refractivity contribution in [2.45, 2.75) is 12.6 Å². The topological polar surface area (TPSA) is 59.3 Å². The molecule has 0 spiro atoms. The van der Waals surface area contributed by atoms with Crippen LogP contribution in [-0.4, -0.2) is 40.0 Å². The molecule has 1 aromatic heterocycles. The molecular weight excluding hydrogens is 278 g/mol. The fourth-order valence-electron chi connectivity index (χ4n) is 1.70. The molecule has 0 bridgehead atoms. The van der Waals surface area contributed by atoms with Crippen LogP contribution in [0.25, 0.3) is 0 Å². The number of nitrogens with one attached hydrogen (secondary N) is 1. The number of aliphatic hydroxyl groups excluding tert-OH is 1. The summed E-state index contributed by atoms with van der Waals surface area (Å²) in [5, 5.41) is 16.7. The Balaban J connectivity index is 1.86. The third-order valence-corrected chi connectivity index (χ3v) is 3.09. The van der Waals surface area contributed by atoms with E-state index < -0.39 is 6.10 Å². The number of rotatable bonds is 8. The zero-order chi connectivity index (χ0) is 14.2. The molecule has 0 radical (unpaired) electrons. The van der Waals surface area contributed by atoms with Crippen LogP contribution in [0.4, 0.5) is 5.69 Å². The minimum Gasteiger partial charge on any atom is -0.489 e. The van der Waals surface area contributed by atoms with E-state index in [0.717, 1.165) is 11.4 Å². The quantitative estimate of drug-likeness (QED) is 0.731. The molecule has 0 fully saturated rings. The molecule has 2 N–H and O–H groups in total. The molecule has 0 saturated carbocycles. The molecule has 0 saturated heterocycles. The fourth-order valence-corrected chi connectivity index (χ4v) is 1.81. The van der Waals surface area contributed by atoms with Crippen molar-refractivity contribution in [2.75, 3.05) is 24.3 Å². The number of ether oxygens (including phenoxy) is 1. The van der Waals surface area contributed by atoms with E-state index in [1.54, 1.807) is 6.20 Å². The van der Waals surface area contributed by atoms with Gasteiger partial charge in [0.15, 0.2) is 0 Å². The van der Waals surface area contributed by atoms with Gasteiger partial charge in [0.05, 0.1) is 24.2 Å². The lowest BCUT2D eigenvalue weighted by Crippen LogP contribution is -2.21. The predicted molar refractivity (Wildman–Crippen MR) is 79.4 cm³/mol. The van der Waals surface area contributed by atoms with Gasteiger partial charge in [-0.15, -0.1) is 11.6 Å². The minimum atomic E-state index is -0.575. The second-order valence-electron chi connectivity index (χ2n) is 4.30. The molecule has 2 aromatic rings. The maximum absolute atomic E-state index is 9.46. The first-order chi connectivity index (χ1) is 9.79. The number of hydrogen-bond acceptors (Lipinski definition) is 4. The Morgan fingerprint density at radius 2 is 2.20 bits per heavy atom. The molecule has 1 aromatic carbocycles. The van der Waals surface area contributed by atoms with Gasteiger partial charge in [0.25, 0.3) is 0 Å². The van der Waals surface area contributed by atoms with E-state index in [0.29, 0.717) is 19.7 Å². The number of hydrogen-bond donors (Lipinski definition) is 2. The third-order valence-electron chi connectivity index (χ3n) is 2.73. The number of benzene rings is 1. The zero-order valence-corrected chi connectivity index (χ0v) is 11.8. The molecule has 108 valence electrons. The highest BCUT2D eigenvalue weighted by Crippen LogP contribution is 2.23. The summed E-state index contributed by atoms with van der Waals surface area (Å²) in [6, 6.07) is 9.49. The zero-order valence-electron chi connectivity index (χ0n) is 11.1. The molecule has 20 heavy (non-hydrogen) atoms. The number of para-hydroxylation sites is 2. The van der Waals surface area contributed by atoms with Crippen molar-refractivity contribution >= 4 is 17.3 Å². The van der Waals surface area contributed by atoms with Gasteiger partial charge >= 0.3 is 0 Å². The molecule has 2 rings (SSSR count). The van der Waals surface area contributed by atoms with Crippen LogP contribution in [0.1, 0.15) is 0 Å². The monoisotopic (exact) mass is 295 g/mol. The van der Waals surface area contributed by atoms with E-state index >= 15 is 0 Å². The summed E-state index contributed by atoms with van der Waals surface area (Å²) < 4.78 is 7.55. The smallest absolute Gasteiger partial charge is 0.142 e. The Labute approximate surface area is 123 Å². The van der Waals surface area contributed by atoms with E-state index in [4.69, 9.17) is 16.3 Å². The largest absolute Gasteiger partial charge is 0.489 e. The summed E-state index contributed by atoms with van der Waals surface area (Å²) in [6.45, 7) is 1.60. The highest BCUT2D eigenvalue weighted by atomic mass is 35.5. The molecule has 6 heteroatoms. The molecule has 5 nitrogen and oxygen atoms in total. The van der Waals surface area contributed by atoms with Crippen LogP contribution in [0.3, 0.4) is 0 Å². The Hall–Kier alpha value is -1.72. The van der Waals surface area contributed by atoms with Crippen LogP contribution in [0.15, 0.2) is 42.7 Å². The van der Waals surface area contributed by atoms with Gasteiger partial charge in [-0.1, -0.05) is 12.1 Å². The van der Waals surface area contributed by atoms with Gasteiger partial charge in [-0.3, -0.25) is 4.68 Å². The number of aromatic nitrogens is 2. The number of anilines is 1. The second kappa shape index (κ2) is 7.77. The molecule has 0 aliphatic rings. The maximum Gasteiger partial charge on any atom is 0.142 e. The normalized spacial score (nSPS) is 12.1. The summed E-state index contributed by atoms with van der Waals surface area (Å²) >= 11 is 5.57. The number of alkyl halides is 1. The number of nitrogens with zero attached hydrogens (tertiary/aromatic N) is 2. The van der Waals surface area contributed by atoms with Crippen LogP contribution in [0.2, 0.25) is 0 Å². The first-order valence-corrected chi connectivity index (χ1v) is 7.00. The molecular formula is C14H18ClN3O2. The van der Waals surface area contributed by atoms with Crippen molar-refractivity contribution in [1.82, 2.24) is 9.78 Å². The van der Waals surface area contributed by atoms with Crippen molar-refractivity contribution in [3.8, 4) is 5.75 Å². The van der Waals surface area contributed by atoms with Crippen molar-refractivity contribution in [3.63, 3.8) is 0 Å². The Bertz CT molecular complexity index is 505. The lowest BCUT2D eigenvalue weighted by molar-refractivity contribution is 0.211. The summed E-state index contributed by atoms with van der Waals surface area (Å²) in [5.74, 6) is 0.955. The lowest BCUT2D eigenvalue weighted by Gasteiger charge is -2.14. The summed E-state index contributed by atoms with van der Waals surface area (Å²) in [5.41, 5.74) is 0.845. The van der Waals surface area contributed by atoms with E-state index in [9.17, 15) is 5.11 Å². The Kier molecular flexibility index (Phi) is 5.70. The number of aliphatic hydroxyl groups is 1. The van der Waals surface area contributed by atoms with Gasteiger partial charge in [-0.2, -0.15) is 5.10 Å². The summed E-state index contributed by atoms with van der Waals surface area (Å²) in [6.07, 6.45) is 3.06. The Morgan fingerprint density at radius 3 is 2.95 bits per heavy atom. The van der Waals surface area contributed by atoms with Gasteiger partial charge in [-0.05, 0) is 18.2 Å². The average Bonchev–Trinajstić information content (AvgIpc) is 2.99. The number of halogens is 1.